The Morgan fingerprint density at radius 1 is 0.600 bits per heavy atom. The van der Waals surface area contributed by atoms with E-state index < -0.39 is 0 Å². The molecule has 3 nitrogen and oxygen atoms in total. The predicted octanol–water partition coefficient (Wildman–Crippen LogP) is -0.361. The Hall–Kier alpha value is 1.37. The van der Waals surface area contributed by atoms with Crippen molar-refractivity contribution >= 4 is 0 Å². The molecular weight excluding hydrogens is 292 g/mol. The molecule has 0 aliphatic heterocycles. The molecule has 0 aromatic carbocycles. The summed E-state index contributed by atoms with van der Waals surface area (Å²) in [5.41, 5.74) is 0. The predicted molar refractivity (Wildman–Crippen MR) is 2.06 cm³/mol. The fourth-order valence-electron chi connectivity index (χ4n) is 0. The molecule has 0 N–H and O–H groups in total. The van der Waals surface area contributed by atoms with Crippen LogP contribution < -0.4 is 0 Å². The molecule has 0 unspecified atom stereocenters. The van der Waals surface area contributed by atoms with Crippen LogP contribution in [0.3, 0.4) is 0 Å². The molecule has 0 saturated carbocycles. The van der Waals surface area contributed by atoms with Gasteiger partial charge >= 0.3 is 45.3 Å². The van der Waals surface area contributed by atoms with Crippen molar-refractivity contribution in [3.05, 3.63) is 0 Å². The summed E-state index contributed by atoms with van der Waals surface area (Å²) in [5.74, 6) is 0. The van der Waals surface area contributed by atoms with E-state index in [1.165, 1.54) is 0 Å². The van der Waals surface area contributed by atoms with Gasteiger partial charge < -0.3 is 16.4 Å². The first-order valence-electron chi connectivity index (χ1n) is 0. The van der Waals surface area contributed by atoms with Crippen LogP contribution >= 0.6 is 0 Å². The van der Waals surface area contributed by atoms with Crippen LogP contribution in [0.1, 0.15) is 0 Å². The monoisotopic (exact) mass is 292 g/mol. The van der Waals surface area contributed by atoms with Crippen LogP contribution in [0, 0.1) is 0 Å². The Bertz CT molecular complexity index is 6.85. The van der Waals surface area contributed by atoms with Gasteiger partial charge in [0.25, 0.3) is 0 Å². The van der Waals surface area contributed by atoms with Crippen molar-refractivity contribution in [1.82, 2.24) is 0 Å². The van der Waals surface area contributed by atoms with Crippen LogP contribution in [-0.2, 0) is 61.7 Å². The third-order valence-corrected chi connectivity index (χ3v) is 0. The van der Waals surface area contributed by atoms with Gasteiger partial charge in [-0.2, -0.15) is 0 Å². The van der Waals surface area contributed by atoms with Crippen LogP contribution in [0.4, 0.5) is 0 Å². The summed E-state index contributed by atoms with van der Waals surface area (Å²) in [6, 6.07) is 0. The third kappa shape index (κ3) is 32.4. The molecular formula is HfO3Zn. The van der Waals surface area contributed by atoms with Gasteiger partial charge in [-0.1, -0.05) is 0 Å². The van der Waals surface area contributed by atoms with Gasteiger partial charge in [0.05, 0.1) is 0 Å². The Morgan fingerprint density at radius 3 is 0.600 bits per heavy atom. The van der Waals surface area contributed by atoms with E-state index in [0.29, 0.717) is 0 Å². The molecule has 0 radical (unpaired) electrons. The van der Waals surface area contributed by atoms with Crippen LogP contribution in [-0.4, -0.2) is 0 Å². The van der Waals surface area contributed by atoms with Gasteiger partial charge in [-0.15, -0.1) is 0 Å². The van der Waals surface area contributed by atoms with E-state index in [2.05, 4.69) is 0 Å². The minimum absolute atomic E-state index is 0. The second kappa shape index (κ2) is 54.5. The average Bonchev–Trinajstić information content (AvgIpc) is 0. The van der Waals surface area contributed by atoms with Crippen LogP contribution in [0.5, 0.6) is 0 Å². The Labute approximate surface area is 61.6 Å². The molecule has 5 heavy (non-hydrogen) atoms. The maximum absolute atomic E-state index is 0. The van der Waals surface area contributed by atoms with E-state index >= 15 is 0 Å². The van der Waals surface area contributed by atoms with E-state index in [-0.39, 0.29) is 61.7 Å². The quantitative estimate of drug-likeness (QED) is 0.546. The molecule has 24 valence electrons. The summed E-state index contributed by atoms with van der Waals surface area (Å²) >= 11 is 0. The minimum Gasteiger partial charge on any atom is -2.00 e. The molecule has 5 heteroatoms. The van der Waals surface area contributed by atoms with E-state index in [9.17, 15) is 0 Å². The van der Waals surface area contributed by atoms with Crippen molar-refractivity contribution in [2.24, 2.45) is 0 Å². The van der Waals surface area contributed by atoms with Crippen LogP contribution in [0.25, 0.3) is 0 Å². The maximum Gasteiger partial charge on any atom is 4.00 e. The van der Waals surface area contributed by atoms with Gasteiger partial charge in [-0.3, -0.25) is 0 Å². The summed E-state index contributed by atoms with van der Waals surface area (Å²) in [4.78, 5) is 0. The van der Waals surface area contributed by atoms with E-state index in [0.717, 1.165) is 0 Å². The molecule has 0 fully saturated rings. The summed E-state index contributed by atoms with van der Waals surface area (Å²) in [6.45, 7) is 0. The van der Waals surface area contributed by atoms with Crippen molar-refractivity contribution in [2.75, 3.05) is 0 Å². The third-order valence-electron chi connectivity index (χ3n) is 0. The van der Waals surface area contributed by atoms with Gasteiger partial charge in [-0.05, 0) is 0 Å². The molecule has 0 bridgehead atoms. The van der Waals surface area contributed by atoms with E-state index in [1.54, 1.807) is 0 Å². The van der Waals surface area contributed by atoms with Gasteiger partial charge in [0.1, 0.15) is 0 Å². The SMILES string of the molecule is [Hf+4].[O-2].[O-2].[O-2].[Zn+2]. The zero-order valence-electron chi connectivity index (χ0n) is 2.43. The van der Waals surface area contributed by atoms with E-state index in [4.69, 9.17) is 0 Å². The zero-order valence-corrected chi connectivity index (χ0v) is 8.99. The molecule has 0 rings (SSSR count). The molecule has 0 aliphatic rings. The maximum atomic E-state index is 0. The molecule has 0 amide bonds. The van der Waals surface area contributed by atoms with Gasteiger partial charge in [0, 0.05) is 0 Å². The van der Waals surface area contributed by atoms with Crippen LogP contribution in [0.2, 0.25) is 0 Å². The fraction of sp³-hybridized carbons (Fsp3) is 0. The molecule has 0 spiro atoms. The van der Waals surface area contributed by atoms with E-state index in [1.807, 2.05) is 0 Å². The largest absolute Gasteiger partial charge is 4.00 e. The normalized spacial score (nSPS) is 0. The fourth-order valence-corrected chi connectivity index (χ4v) is 0. The topological polar surface area (TPSA) is 85.5 Å². The first kappa shape index (κ1) is 97.6. The molecule has 0 atom stereocenters. The van der Waals surface area contributed by atoms with Gasteiger partial charge in [-0.25, -0.2) is 0 Å². The number of hydrogen-bond donors (Lipinski definition) is 0. The number of hydrogen-bond acceptors (Lipinski definition) is 0. The first-order valence-corrected chi connectivity index (χ1v) is 0. The smallest absolute Gasteiger partial charge is 2.00 e. The molecule has 0 heterocycles. The first-order chi connectivity index (χ1) is 0. The second-order valence-corrected chi connectivity index (χ2v) is 0. The number of rotatable bonds is 0. The Balaban J connectivity index is 0. The van der Waals surface area contributed by atoms with Crippen molar-refractivity contribution in [3.63, 3.8) is 0 Å². The Kier molecular flexibility index (Phi) is 1060. The van der Waals surface area contributed by atoms with Crippen molar-refractivity contribution in [3.8, 4) is 0 Å². The summed E-state index contributed by atoms with van der Waals surface area (Å²) < 4.78 is 0. The van der Waals surface area contributed by atoms with Crippen molar-refractivity contribution in [2.45, 2.75) is 0 Å². The summed E-state index contributed by atoms with van der Waals surface area (Å²) in [7, 11) is 0. The summed E-state index contributed by atoms with van der Waals surface area (Å²) in [6.07, 6.45) is 0. The molecule has 0 aromatic rings. The van der Waals surface area contributed by atoms with Crippen molar-refractivity contribution in [1.29, 1.82) is 0 Å². The minimum atomic E-state index is 0. The average molecular weight is 292 g/mol. The van der Waals surface area contributed by atoms with Gasteiger partial charge in [0.15, 0.2) is 0 Å². The Morgan fingerprint density at radius 2 is 0.600 bits per heavy atom. The molecule has 0 aromatic heterocycles. The summed E-state index contributed by atoms with van der Waals surface area (Å²) in [5, 5.41) is 0. The molecule has 0 aliphatic carbocycles. The van der Waals surface area contributed by atoms with Gasteiger partial charge in [0.2, 0.25) is 0 Å². The standard InChI is InChI=1S/Hf.3O.Zn/q+4;3*-2;+2. The van der Waals surface area contributed by atoms with Crippen LogP contribution in [0.15, 0.2) is 0 Å². The molecule has 0 saturated heterocycles. The van der Waals surface area contributed by atoms with Crippen molar-refractivity contribution < 1.29 is 61.7 Å². The second-order valence-electron chi connectivity index (χ2n) is 0. The zero-order chi connectivity index (χ0) is 0.